The fraction of sp³-hybridized carbons (Fsp3) is 0.529. The second-order valence-corrected chi connectivity index (χ2v) is 8.57. The molecule has 0 saturated carbocycles. The Balaban J connectivity index is 3.28. The summed E-state index contributed by atoms with van der Waals surface area (Å²) in [6, 6.07) is 2.99. The zero-order valence-corrected chi connectivity index (χ0v) is 15.4. The van der Waals surface area contributed by atoms with Gasteiger partial charge in [0, 0.05) is 15.7 Å². The third-order valence-electron chi connectivity index (χ3n) is 3.05. The number of hydrogen-bond acceptors (Lipinski definition) is 3. The molecule has 0 spiro atoms. The molecule has 0 atom stereocenters. The van der Waals surface area contributed by atoms with E-state index in [0.29, 0.717) is 4.90 Å². The first kappa shape index (κ1) is 20.5. The van der Waals surface area contributed by atoms with Gasteiger partial charge in [-0.3, -0.25) is 9.59 Å². The summed E-state index contributed by atoms with van der Waals surface area (Å²) in [4.78, 5) is 24.6. The summed E-state index contributed by atoms with van der Waals surface area (Å²) in [6.07, 6.45) is -4.53. The lowest BCUT2D eigenvalue weighted by atomic mass is 9.95. The van der Waals surface area contributed by atoms with E-state index in [1.807, 2.05) is 0 Å². The summed E-state index contributed by atoms with van der Waals surface area (Å²) in [5.74, 6) is -0.424. The molecule has 7 heteroatoms. The topological polar surface area (TPSA) is 46.2 Å². The van der Waals surface area contributed by atoms with Crippen LogP contribution < -0.4 is 5.32 Å². The minimum Gasteiger partial charge on any atom is -0.325 e. The maximum absolute atomic E-state index is 12.9. The van der Waals surface area contributed by atoms with Crippen molar-refractivity contribution in [2.24, 2.45) is 10.8 Å². The van der Waals surface area contributed by atoms with E-state index in [4.69, 9.17) is 0 Å². The molecule has 0 aromatic heterocycles. The summed E-state index contributed by atoms with van der Waals surface area (Å²) < 4.78 is 38.8. The maximum atomic E-state index is 12.9. The van der Waals surface area contributed by atoms with Crippen LogP contribution in [0.5, 0.6) is 0 Å². The summed E-state index contributed by atoms with van der Waals surface area (Å²) >= 11 is 0.828. The Kier molecular flexibility index (Phi) is 5.81. The number of anilines is 1. The Morgan fingerprint density at radius 2 is 1.50 bits per heavy atom. The molecule has 0 saturated heterocycles. The van der Waals surface area contributed by atoms with Gasteiger partial charge in [-0.1, -0.05) is 41.5 Å². The summed E-state index contributed by atoms with van der Waals surface area (Å²) in [7, 11) is 0. The Labute approximate surface area is 144 Å². The second-order valence-electron chi connectivity index (χ2n) is 7.55. The molecule has 1 aromatic rings. The smallest absolute Gasteiger partial charge is 0.325 e. The molecule has 24 heavy (non-hydrogen) atoms. The number of carbonyl (C=O) groups is 2. The second kappa shape index (κ2) is 6.78. The molecule has 1 amide bonds. The Morgan fingerprint density at radius 3 is 1.92 bits per heavy atom. The van der Waals surface area contributed by atoms with Gasteiger partial charge in [0.2, 0.25) is 5.91 Å². The lowest BCUT2D eigenvalue weighted by Crippen LogP contribution is -2.28. The maximum Gasteiger partial charge on any atom is 0.416 e. The number of rotatable bonds is 2. The van der Waals surface area contributed by atoms with Crippen LogP contribution in [-0.2, 0) is 15.8 Å². The monoisotopic (exact) mass is 361 g/mol. The molecule has 0 aliphatic rings. The van der Waals surface area contributed by atoms with Crippen LogP contribution in [0.4, 0.5) is 18.9 Å². The highest BCUT2D eigenvalue weighted by Crippen LogP contribution is 2.38. The first-order valence-electron chi connectivity index (χ1n) is 7.37. The van der Waals surface area contributed by atoms with Crippen molar-refractivity contribution in [2.45, 2.75) is 52.6 Å². The SMILES string of the molecule is CC(C)(C)C(=O)Nc1cc(C(F)(F)F)ccc1SC(=O)C(C)(C)C. The van der Waals surface area contributed by atoms with E-state index >= 15 is 0 Å². The van der Waals surface area contributed by atoms with Crippen LogP contribution >= 0.6 is 11.8 Å². The van der Waals surface area contributed by atoms with Crippen molar-refractivity contribution < 1.29 is 22.8 Å². The predicted molar refractivity (Wildman–Crippen MR) is 89.8 cm³/mol. The van der Waals surface area contributed by atoms with E-state index in [0.717, 1.165) is 23.9 Å². The number of nitrogens with one attached hydrogen (secondary N) is 1. The van der Waals surface area contributed by atoms with Crippen LogP contribution in [0.15, 0.2) is 23.1 Å². The molecule has 0 unspecified atom stereocenters. The minimum atomic E-state index is -4.53. The molecular formula is C17H22F3NO2S. The average molecular weight is 361 g/mol. The highest BCUT2D eigenvalue weighted by Gasteiger charge is 2.32. The number of carbonyl (C=O) groups excluding carboxylic acids is 2. The first-order valence-corrected chi connectivity index (χ1v) is 8.19. The van der Waals surface area contributed by atoms with Gasteiger partial charge in [-0.05, 0) is 30.0 Å². The molecule has 0 heterocycles. The average Bonchev–Trinajstić information content (AvgIpc) is 2.37. The Hall–Kier alpha value is -1.50. The Morgan fingerprint density at radius 1 is 0.958 bits per heavy atom. The molecule has 1 rings (SSSR count). The fourth-order valence-electron chi connectivity index (χ4n) is 1.46. The third kappa shape index (κ3) is 5.54. The van der Waals surface area contributed by atoms with E-state index in [2.05, 4.69) is 5.32 Å². The highest BCUT2D eigenvalue weighted by atomic mass is 32.2. The van der Waals surface area contributed by atoms with E-state index in [1.165, 1.54) is 6.07 Å². The van der Waals surface area contributed by atoms with Gasteiger partial charge >= 0.3 is 6.18 Å². The van der Waals surface area contributed by atoms with Crippen LogP contribution in [0.1, 0.15) is 47.1 Å². The number of hydrogen-bond donors (Lipinski definition) is 1. The molecule has 0 aliphatic carbocycles. The molecule has 3 nitrogen and oxygen atoms in total. The molecular weight excluding hydrogens is 339 g/mol. The van der Waals surface area contributed by atoms with Crippen LogP contribution in [-0.4, -0.2) is 11.0 Å². The van der Waals surface area contributed by atoms with E-state index in [1.54, 1.807) is 41.5 Å². The summed E-state index contributed by atoms with van der Waals surface area (Å²) in [5, 5.41) is 2.31. The van der Waals surface area contributed by atoms with Crippen LogP contribution in [0, 0.1) is 10.8 Å². The lowest BCUT2D eigenvalue weighted by molar-refractivity contribution is -0.137. The van der Waals surface area contributed by atoms with Gasteiger partial charge in [0.25, 0.3) is 0 Å². The first-order chi connectivity index (χ1) is 10.6. The number of thioether (sulfide) groups is 1. The molecule has 1 N–H and O–H groups in total. The number of benzene rings is 1. The van der Waals surface area contributed by atoms with Crippen molar-refractivity contribution in [3.63, 3.8) is 0 Å². The van der Waals surface area contributed by atoms with Crippen molar-refractivity contribution in [2.75, 3.05) is 5.32 Å². The molecule has 134 valence electrons. The fourth-order valence-corrected chi connectivity index (χ4v) is 2.32. The van der Waals surface area contributed by atoms with Gasteiger partial charge < -0.3 is 5.32 Å². The normalized spacial score (nSPS) is 12.9. The van der Waals surface area contributed by atoms with E-state index < -0.39 is 28.5 Å². The predicted octanol–water partition coefficient (Wildman–Crippen LogP) is 5.35. The van der Waals surface area contributed by atoms with Gasteiger partial charge in [-0.2, -0.15) is 13.2 Å². The van der Waals surface area contributed by atoms with Crippen molar-refractivity contribution >= 4 is 28.5 Å². The van der Waals surface area contributed by atoms with Crippen molar-refractivity contribution in [1.82, 2.24) is 0 Å². The molecule has 0 aliphatic heterocycles. The number of halogens is 3. The van der Waals surface area contributed by atoms with Gasteiger partial charge in [-0.25, -0.2) is 0 Å². The molecule has 0 fully saturated rings. The summed E-state index contributed by atoms with van der Waals surface area (Å²) in [6.45, 7) is 10.1. The molecule has 1 aromatic carbocycles. The quantitative estimate of drug-likeness (QED) is 0.722. The van der Waals surface area contributed by atoms with Gasteiger partial charge in [0.15, 0.2) is 5.12 Å². The van der Waals surface area contributed by atoms with Crippen molar-refractivity contribution in [1.29, 1.82) is 0 Å². The van der Waals surface area contributed by atoms with Gasteiger partial charge in [-0.15, -0.1) is 0 Å². The summed E-state index contributed by atoms with van der Waals surface area (Å²) in [5.41, 5.74) is -2.31. The van der Waals surface area contributed by atoms with Crippen LogP contribution in [0.3, 0.4) is 0 Å². The van der Waals surface area contributed by atoms with Crippen LogP contribution in [0.2, 0.25) is 0 Å². The third-order valence-corrected chi connectivity index (χ3v) is 4.42. The van der Waals surface area contributed by atoms with Crippen LogP contribution in [0.25, 0.3) is 0 Å². The Bertz CT molecular complexity index is 641. The highest BCUT2D eigenvalue weighted by molar-refractivity contribution is 8.13. The van der Waals surface area contributed by atoms with Crippen molar-refractivity contribution in [3.05, 3.63) is 23.8 Å². The zero-order chi connectivity index (χ0) is 18.9. The van der Waals surface area contributed by atoms with E-state index in [9.17, 15) is 22.8 Å². The van der Waals surface area contributed by atoms with Crippen molar-refractivity contribution in [3.8, 4) is 0 Å². The van der Waals surface area contributed by atoms with Gasteiger partial charge in [0.05, 0.1) is 11.3 Å². The standard InChI is InChI=1S/C17H22F3NO2S/c1-15(2,3)13(22)21-11-9-10(17(18,19)20)7-8-12(11)24-14(23)16(4,5)6/h7-9H,1-6H3,(H,21,22). The molecule has 0 radical (unpaired) electrons. The number of amides is 1. The van der Waals surface area contributed by atoms with E-state index in [-0.39, 0.29) is 10.8 Å². The lowest BCUT2D eigenvalue weighted by Gasteiger charge is -2.21. The zero-order valence-electron chi connectivity index (χ0n) is 14.6. The number of alkyl halides is 3. The van der Waals surface area contributed by atoms with Gasteiger partial charge in [0.1, 0.15) is 0 Å². The minimum absolute atomic E-state index is 0.00708. The molecule has 0 bridgehead atoms. The largest absolute Gasteiger partial charge is 0.416 e.